The fourth-order valence-corrected chi connectivity index (χ4v) is 3.56. The highest BCUT2D eigenvalue weighted by molar-refractivity contribution is 5.50. The van der Waals surface area contributed by atoms with E-state index in [2.05, 4.69) is 39.6 Å². The lowest BCUT2D eigenvalue weighted by Crippen LogP contribution is -2.38. The van der Waals surface area contributed by atoms with Crippen molar-refractivity contribution >= 4 is 0 Å². The van der Waals surface area contributed by atoms with Gasteiger partial charge < -0.3 is 10.8 Å². The number of rotatable bonds is 4. The van der Waals surface area contributed by atoms with E-state index in [-0.39, 0.29) is 5.41 Å². The molecule has 1 aliphatic carbocycles. The van der Waals surface area contributed by atoms with E-state index in [1.807, 2.05) is 12.1 Å². The predicted molar refractivity (Wildman–Crippen MR) is 84.1 cm³/mol. The van der Waals surface area contributed by atoms with E-state index >= 15 is 0 Å². The average molecular weight is 276 g/mol. The second kappa shape index (κ2) is 5.38. The van der Waals surface area contributed by atoms with Crippen LogP contribution in [0.5, 0.6) is 5.75 Å². The molecule has 0 aromatic heterocycles. The van der Waals surface area contributed by atoms with Gasteiger partial charge in [-0.25, -0.2) is 0 Å². The molecule has 1 aromatic carbocycles. The summed E-state index contributed by atoms with van der Waals surface area (Å²) in [5.41, 5.74) is 9.71. The first kappa shape index (κ1) is 15.3. The molecule has 0 saturated heterocycles. The molecule has 0 bridgehead atoms. The molecule has 1 aromatic rings. The van der Waals surface area contributed by atoms with Crippen molar-refractivity contribution in [1.82, 2.24) is 4.90 Å². The number of aromatic hydroxyl groups is 1. The topological polar surface area (TPSA) is 49.5 Å². The Bertz CT molecular complexity index is 496. The van der Waals surface area contributed by atoms with Crippen LogP contribution in [0.3, 0.4) is 0 Å². The van der Waals surface area contributed by atoms with Crippen molar-refractivity contribution in [3.8, 4) is 5.75 Å². The third-order valence-electron chi connectivity index (χ3n) is 4.65. The minimum Gasteiger partial charge on any atom is -0.508 e. The molecule has 0 fully saturated rings. The molecule has 20 heavy (non-hydrogen) atoms. The van der Waals surface area contributed by atoms with Crippen molar-refractivity contribution in [2.45, 2.75) is 46.1 Å². The molecule has 3 heteroatoms. The summed E-state index contributed by atoms with van der Waals surface area (Å²) in [6.07, 6.45) is 1.07. The Morgan fingerprint density at radius 3 is 2.60 bits per heavy atom. The van der Waals surface area contributed by atoms with Gasteiger partial charge in [0.15, 0.2) is 0 Å². The van der Waals surface area contributed by atoms with E-state index in [4.69, 9.17) is 5.73 Å². The van der Waals surface area contributed by atoms with Crippen LogP contribution in [0.15, 0.2) is 12.1 Å². The maximum Gasteiger partial charge on any atom is 0.120 e. The molecule has 1 aliphatic rings. The van der Waals surface area contributed by atoms with Crippen molar-refractivity contribution in [3.05, 3.63) is 28.8 Å². The number of nitrogens with two attached hydrogens (primary N) is 1. The summed E-state index contributed by atoms with van der Waals surface area (Å²) in [5.74, 6) is 0.947. The zero-order chi connectivity index (χ0) is 15.1. The molecule has 112 valence electrons. The number of hydrogen-bond donors (Lipinski definition) is 2. The summed E-state index contributed by atoms with van der Waals surface area (Å²) in [7, 11) is 2.14. The number of benzene rings is 1. The van der Waals surface area contributed by atoms with Gasteiger partial charge in [0.25, 0.3) is 0 Å². The molecule has 0 saturated carbocycles. The third kappa shape index (κ3) is 2.70. The molecule has 0 aliphatic heterocycles. The zero-order valence-electron chi connectivity index (χ0n) is 13.4. The molecule has 3 N–H and O–H groups in total. The minimum atomic E-state index is 0.0974. The second-order valence-electron chi connectivity index (χ2n) is 7.16. The molecule has 3 nitrogen and oxygen atoms in total. The van der Waals surface area contributed by atoms with Crippen LogP contribution in [-0.2, 0) is 0 Å². The van der Waals surface area contributed by atoms with Crippen LogP contribution in [0.25, 0.3) is 0 Å². The molecular weight excluding hydrogens is 248 g/mol. The minimum absolute atomic E-state index is 0.0974. The predicted octanol–water partition coefficient (Wildman–Crippen LogP) is 3.17. The molecule has 0 spiro atoms. The number of aryl methyl sites for hydroxylation is 1. The molecule has 0 amide bonds. The Labute approximate surface area is 122 Å². The molecule has 2 atom stereocenters. The van der Waals surface area contributed by atoms with Gasteiger partial charge in [0.1, 0.15) is 5.75 Å². The van der Waals surface area contributed by atoms with Crippen molar-refractivity contribution in [1.29, 1.82) is 0 Å². The van der Waals surface area contributed by atoms with E-state index < -0.39 is 0 Å². The van der Waals surface area contributed by atoms with Gasteiger partial charge in [-0.05, 0) is 55.5 Å². The number of fused-ring (bicyclic) bond motifs is 1. The first-order valence-corrected chi connectivity index (χ1v) is 7.49. The van der Waals surface area contributed by atoms with Gasteiger partial charge in [-0.3, -0.25) is 4.90 Å². The van der Waals surface area contributed by atoms with Gasteiger partial charge in [0, 0.05) is 18.2 Å². The lowest BCUT2D eigenvalue weighted by molar-refractivity contribution is 0.160. The Morgan fingerprint density at radius 2 is 2.00 bits per heavy atom. The lowest BCUT2D eigenvalue weighted by atomic mass is 9.92. The fraction of sp³-hybridized carbons (Fsp3) is 0.647. The summed E-state index contributed by atoms with van der Waals surface area (Å²) in [6.45, 7) is 10.4. The number of hydrogen-bond acceptors (Lipinski definition) is 3. The van der Waals surface area contributed by atoms with Crippen LogP contribution in [0.4, 0.5) is 0 Å². The van der Waals surface area contributed by atoms with Crippen molar-refractivity contribution in [3.63, 3.8) is 0 Å². The molecule has 0 radical (unpaired) electrons. The molecule has 2 rings (SSSR count). The monoisotopic (exact) mass is 276 g/mol. The van der Waals surface area contributed by atoms with Gasteiger partial charge >= 0.3 is 0 Å². The molecular formula is C17H28N2O. The lowest BCUT2D eigenvalue weighted by Gasteiger charge is -2.33. The third-order valence-corrected chi connectivity index (χ3v) is 4.65. The maximum atomic E-state index is 10.3. The second-order valence-corrected chi connectivity index (χ2v) is 7.16. The van der Waals surface area contributed by atoms with Crippen LogP contribution in [0.2, 0.25) is 0 Å². The number of phenolic OH excluding ortho intramolecular Hbond substituents is 1. The summed E-state index contributed by atoms with van der Waals surface area (Å²) in [6, 6.07) is 4.16. The summed E-state index contributed by atoms with van der Waals surface area (Å²) in [5, 5.41) is 10.3. The maximum absolute atomic E-state index is 10.3. The van der Waals surface area contributed by atoms with E-state index in [9.17, 15) is 5.11 Å². The molecule has 0 heterocycles. The van der Waals surface area contributed by atoms with Crippen molar-refractivity contribution in [2.75, 3.05) is 20.1 Å². The summed E-state index contributed by atoms with van der Waals surface area (Å²) in [4.78, 5) is 2.36. The first-order chi connectivity index (χ1) is 9.26. The van der Waals surface area contributed by atoms with Crippen LogP contribution < -0.4 is 5.73 Å². The van der Waals surface area contributed by atoms with Gasteiger partial charge in [-0.1, -0.05) is 26.8 Å². The van der Waals surface area contributed by atoms with Gasteiger partial charge in [0.2, 0.25) is 0 Å². The van der Waals surface area contributed by atoms with Crippen molar-refractivity contribution < 1.29 is 5.11 Å². The van der Waals surface area contributed by atoms with E-state index in [0.717, 1.165) is 18.5 Å². The highest BCUT2D eigenvalue weighted by Crippen LogP contribution is 2.48. The Balaban J connectivity index is 2.32. The van der Waals surface area contributed by atoms with Crippen LogP contribution in [0.1, 0.15) is 55.8 Å². The van der Waals surface area contributed by atoms with Crippen LogP contribution in [-0.4, -0.2) is 30.1 Å². The fourth-order valence-electron chi connectivity index (χ4n) is 3.56. The number of phenols is 1. The van der Waals surface area contributed by atoms with Gasteiger partial charge in [-0.2, -0.15) is 0 Å². The summed E-state index contributed by atoms with van der Waals surface area (Å²) < 4.78 is 0. The average Bonchev–Trinajstić information content (AvgIpc) is 2.73. The normalized spacial score (nSPS) is 22.4. The van der Waals surface area contributed by atoms with Gasteiger partial charge in [0.05, 0.1) is 0 Å². The summed E-state index contributed by atoms with van der Waals surface area (Å²) >= 11 is 0. The van der Waals surface area contributed by atoms with Gasteiger partial charge in [-0.15, -0.1) is 0 Å². The zero-order valence-corrected chi connectivity index (χ0v) is 13.4. The Kier molecular flexibility index (Phi) is 4.12. The van der Waals surface area contributed by atoms with Crippen LogP contribution >= 0.6 is 0 Å². The SMILES string of the molecule is Cc1ccc(O)c2c1C(C)CC2N(C)CC(C)(C)CN. The van der Waals surface area contributed by atoms with Crippen LogP contribution in [0, 0.1) is 12.3 Å². The highest BCUT2D eigenvalue weighted by atomic mass is 16.3. The molecule has 2 unspecified atom stereocenters. The van der Waals surface area contributed by atoms with E-state index in [1.54, 1.807) is 0 Å². The first-order valence-electron chi connectivity index (χ1n) is 7.49. The highest BCUT2D eigenvalue weighted by Gasteiger charge is 2.35. The smallest absolute Gasteiger partial charge is 0.120 e. The van der Waals surface area contributed by atoms with E-state index in [0.29, 0.717) is 24.3 Å². The Morgan fingerprint density at radius 1 is 1.35 bits per heavy atom. The van der Waals surface area contributed by atoms with Crippen molar-refractivity contribution in [2.24, 2.45) is 11.1 Å². The Hall–Kier alpha value is -1.06. The quantitative estimate of drug-likeness (QED) is 0.888. The largest absolute Gasteiger partial charge is 0.508 e. The standard InChI is InChI=1S/C17H28N2O/c1-11-6-7-14(20)16-13(8-12(2)15(11)16)19(5)10-17(3,4)9-18/h6-7,12-13,20H,8-10,18H2,1-5H3. The number of nitrogens with zero attached hydrogens (tertiary/aromatic N) is 1. The van der Waals surface area contributed by atoms with E-state index in [1.165, 1.54) is 11.1 Å².